The number of nitriles is 1. The summed E-state index contributed by atoms with van der Waals surface area (Å²) in [5.74, 6) is 0.630. The maximum absolute atomic E-state index is 13.0. The molecule has 8 heteroatoms. The van der Waals surface area contributed by atoms with Crippen LogP contribution < -0.4 is 0 Å². The third-order valence-corrected chi connectivity index (χ3v) is 6.16. The number of nitrogens with zero attached hydrogens (tertiary/aromatic N) is 5. The summed E-state index contributed by atoms with van der Waals surface area (Å²) in [4.78, 5) is 27.2. The van der Waals surface area contributed by atoms with E-state index in [1.807, 2.05) is 30.5 Å². The third-order valence-electron chi connectivity index (χ3n) is 6.16. The molecule has 0 bridgehead atoms. The Labute approximate surface area is 194 Å². The highest BCUT2D eigenvalue weighted by Crippen LogP contribution is 2.30. The molecule has 2 N–H and O–H groups in total. The Kier molecular flexibility index (Phi) is 4.66. The number of carbonyl (C=O) groups excluding carboxylic acids is 1. The van der Waals surface area contributed by atoms with Crippen molar-refractivity contribution in [3.8, 4) is 28.7 Å². The summed E-state index contributed by atoms with van der Waals surface area (Å²) in [6, 6.07) is 18.9. The van der Waals surface area contributed by atoms with Gasteiger partial charge in [0.15, 0.2) is 5.82 Å². The van der Waals surface area contributed by atoms with Crippen molar-refractivity contribution in [2.24, 2.45) is 0 Å². The average Bonchev–Trinajstić information content (AvgIpc) is 3.52. The minimum absolute atomic E-state index is 0.0578. The van der Waals surface area contributed by atoms with Gasteiger partial charge in [-0.1, -0.05) is 12.1 Å². The Morgan fingerprint density at radius 3 is 2.76 bits per heavy atom. The van der Waals surface area contributed by atoms with Crippen LogP contribution in [0.25, 0.3) is 33.5 Å². The zero-order valence-electron chi connectivity index (χ0n) is 18.1. The molecule has 164 valence electrons. The van der Waals surface area contributed by atoms with Crippen LogP contribution in [0.2, 0.25) is 0 Å². The first-order valence-electron chi connectivity index (χ1n) is 11.0. The molecule has 0 atom stereocenters. The number of aromatic amines is 2. The molecule has 0 saturated heterocycles. The number of hydrogen-bond acceptors (Lipinski definition) is 5. The fourth-order valence-electron chi connectivity index (χ4n) is 4.36. The highest BCUT2D eigenvalue weighted by atomic mass is 16.2. The van der Waals surface area contributed by atoms with E-state index in [0.717, 1.165) is 39.1 Å². The van der Waals surface area contributed by atoms with Crippen molar-refractivity contribution in [1.82, 2.24) is 30.0 Å². The summed E-state index contributed by atoms with van der Waals surface area (Å²) >= 11 is 0. The molecule has 0 radical (unpaired) electrons. The molecule has 8 nitrogen and oxygen atoms in total. The van der Waals surface area contributed by atoms with E-state index in [4.69, 9.17) is 10.2 Å². The standard InChI is InChI=1S/C26H19N7O/c27-13-16-3-5-17(6-4-16)26(34)33-11-9-22-23(15-33)30-25(29-22)24-20-12-18(7-8-21(20)31-32-24)19-2-1-10-28-14-19/h1-8,10,12,14H,9,11,15H2,(H,29,30)(H,31,32). The fourth-order valence-corrected chi connectivity index (χ4v) is 4.36. The molecule has 0 aliphatic carbocycles. The minimum atomic E-state index is -0.0578. The maximum atomic E-state index is 13.0. The fraction of sp³-hybridized carbons (Fsp3) is 0.115. The lowest BCUT2D eigenvalue weighted by Gasteiger charge is -2.26. The van der Waals surface area contributed by atoms with E-state index in [0.29, 0.717) is 36.5 Å². The van der Waals surface area contributed by atoms with Gasteiger partial charge >= 0.3 is 0 Å². The highest BCUT2D eigenvalue weighted by Gasteiger charge is 2.26. The molecule has 2 aromatic carbocycles. The number of H-pyrrole nitrogens is 2. The number of rotatable bonds is 3. The molecule has 6 rings (SSSR count). The van der Waals surface area contributed by atoms with Crippen molar-refractivity contribution in [1.29, 1.82) is 5.26 Å². The smallest absolute Gasteiger partial charge is 0.254 e. The van der Waals surface area contributed by atoms with Crippen LogP contribution in [0.4, 0.5) is 0 Å². The second kappa shape index (κ2) is 7.98. The van der Waals surface area contributed by atoms with E-state index in [2.05, 4.69) is 32.3 Å². The van der Waals surface area contributed by atoms with E-state index < -0.39 is 0 Å². The van der Waals surface area contributed by atoms with Gasteiger partial charge < -0.3 is 9.88 Å². The van der Waals surface area contributed by atoms with Crippen LogP contribution in [0.1, 0.15) is 27.3 Å². The Balaban J connectivity index is 1.30. The zero-order valence-corrected chi connectivity index (χ0v) is 18.1. The second-order valence-electron chi connectivity index (χ2n) is 8.25. The summed E-state index contributed by atoms with van der Waals surface area (Å²) in [6.45, 7) is 1.03. The van der Waals surface area contributed by atoms with Crippen molar-refractivity contribution >= 4 is 16.8 Å². The number of hydrogen-bond donors (Lipinski definition) is 2. The monoisotopic (exact) mass is 445 g/mol. The predicted molar refractivity (Wildman–Crippen MR) is 127 cm³/mol. The van der Waals surface area contributed by atoms with Crippen molar-refractivity contribution in [2.45, 2.75) is 13.0 Å². The lowest BCUT2D eigenvalue weighted by molar-refractivity contribution is 0.0732. The molecule has 1 aliphatic heterocycles. The van der Waals surface area contributed by atoms with Gasteiger partial charge in [0.1, 0.15) is 5.69 Å². The van der Waals surface area contributed by atoms with Crippen LogP contribution >= 0.6 is 0 Å². The summed E-state index contributed by atoms with van der Waals surface area (Å²) < 4.78 is 0. The van der Waals surface area contributed by atoms with Crippen molar-refractivity contribution in [3.05, 3.63) is 89.5 Å². The maximum Gasteiger partial charge on any atom is 0.254 e. The Morgan fingerprint density at radius 2 is 1.97 bits per heavy atom. The van der Waals surface area contributed by atoms with Gasteiger partial charge in [0.05, 0.1) is 35.1 Å². The Hall–Kier alpha value is -4.77. The van der Waals surface area contributed by atoms with Gasteiger partial charge in [0.25, 0.3) is 5.91 Å². The molecule has 3 aromatic heterocycles. The van der Waals surface area contributed by atoms with Crippen LogP contribution in [-0.2, 0) is 13.0 Å². The molecule has 1 aliphatic rings. The normalized spacial score (nSPS) is 13.0. The molecule has 0 saturated carbocycles. The zero-order chi connectivity index (χ0) is 23.1. The van der Waals surface area contributed by atoms with Gasteiger partial charge in [0.2, 0.25) is 0 Å². The lowest BCUT2D eigenvalue weighted by Crippen LogP contribution is -2.36. The van der Waals surface area contributed by atoms with Crippen molar-refractivity contribution in [3.63, 3.8) is 0 Å². The van der Waals surface area contributed by atoms with Crippen molar-refractivity contribution < 1.29 is 4.79 Å². The van der Waals surface area contributed by atoms with Crippen LogP contribution in [0.5, 0.6) is 0 Å². The van der Waals surface area contributed by atoms with Gasteiger partial charge in [-0.25, -0.2) is 4.98 Å². The van der Waals surface area contributed by atoms with Gasteiger partial charge in [-0.15, -0.1) is 0 Å². The molecule has 4 heterocycles. The Bertz CT molecular complexity index is 1560. The van der Waals surface area contributed by atoms with Crippen LogP contribution in [0.15, 0.2) is 67.0 Å². The molecular formula is C26H19N7O. The molecule has 1 amide bonds. The van der Waals surface area contributed by atoms with Gasteiger partial charge in [0, 0.05) is 41.9 Å². The first-order valence-corrected chi connectivity index (χ1v) is 11.0. The highest BCUT2D eigenvalue weighted by molar-refractivity contribution is 5.95. The van der Waals surface area contributed by atoms with E-state index in [9.17, 15) is 4.79 Å². The number of fused-ring (bicyclic) bond motifs is 2. The van der Waals surface area contributed by atoms with Crippen LogP contribution in [0, 0.1) is 11.3 Å². The predicted octanol–water partition coefficient (Wildman–Crippen LogP) is 4.09. The molecule has 34 heavy (non-hydrogen) atoms. The first kappa shape index (κ1) is 19.9. The second-order valence-corrected chi connectivity index (χ2v) is 8.25. The van der Waals surface area contributed by atoms with Crippen LogP contribution in [-0.4, -0.2) is 42.5 Å². The third kappa shape index (κ3) is 3.40. The van der Waals surface area contributed by atoms with Crippen LogP contribution in [0.3, 0.4) is 0 Å². The van der Waals surface area contributed by atoms with E-state index in [-0.39, 0.29) is 5.91 Å². The summed E-state index contributed by atoms with van der Waals surface area (Å²) in [5.41, 5.74) is 6.75. The quantitative estimate of drug-likeness (QED) is 0.434. The summed E-state index contributed by atoms with van der Waals surface area (Å²) in [5, 5.41) is 17.6. The van der Waals surface area contributed by atoms with E-state index >= 15 is 0 Å². The number of imidazole rings is 1. The topological polar surface area (TPSA) is 114 Å². The molecular weight excluding hydrogens is 426 g/mol. The first-order chi connectivity index (χ1) is 16.7. The number of aromatic nitrogens is 5. The number of benzene rings is 2. The number of amides is 1. The largest absolute Gasteiger partial charge is 0.339 e. The molecule has 0 fully saturated rings. The number of carbonyl (C=O) groups is 1. The SMILES string of the molecule is N#Cc1ccc(C(=O)N2CCc3nc(-c4n[nH]c5ccc(-c6cccnc6)cc45)[nH]c3C2)cc1. The van der Waals surface area contributed by atoms with E-state index in [1.54, 1.807) is 35.4 Å². The van der Waals surface area contributed by atoms with Gasteiger partial charge in [-0.05, 0) is 48.0 Å². The van der Waals surface area contributed by atoms with Gasteiger partial charge in [-0.2, -0.15) is 10.4 Å². The number of pyridine rings is 1. The number of nitrogens with one attached hydrogen (secondary N) is 2. The molecule has 0 spiro atoms. The Morgan fingerprint density at radius 1 is 1.09 bits per heavy atom. The summed E-state index contributed by atoms with van der Waals surface area (Å²) in [6.07, 6.45) is 4.26. The van der Waals surface area contributed by atoms with Gasteiger partial charge in [-0.3, -0.25) is 14.9 Å². The molecule has 0 unspecified atom stereocenters. The summed E-state index contributed by atoms with van der Waals surface area (Å²) in [7, 11) is 0. The average molecular weight is 445 g/mol. The minimum Gasteiger partial charge on any atom is -0.339 e. The lowest BCUT2D eigenvalue weighted by atomic mass is 10.0. The van der Waals surface area contributed by atoms with E-state index in [1.165, 1.54) is 0 Å². The van der Waals surface area contributed by atoms with Crippen molar-refractivity contribution in [2.75, 3.05) is 6.54 Å². The molecule has 5 aromatic rings.